The standard InChI is InChI=1S/C23H28N2O4/c1-16(2)13-20(26)25-21(18-11-7-4-8-12-18)22(27)24-15-19(23(28)29)14-17-9-5-3-6-10-17/h3-12,16,19,21H,13-15H2,1-2H3,(H,24,27)(H,25,26)(H,28,29). The van der Waals surface area contributed by atoms with Gasteiger partial charge in [-0.25, -0.2) is 0 Å². The van der Waals surface area contributed by atoms with Gasteiger partial charge in [-0.05, 0) is 23.5 Å². The number of carbonyl (C=O) groups is 3. The predicted molar refractivity (Wildman–Crippen MR) is 111 cm³/mol. The Morgan fingerprint density at radius 2 is 1.52 bits per heavy atom. The second-order valence-corrected chi connectivity index (χ2v) is 7.48. The van der Waals surface area contributed by atoms with Gasteiger partial charge in [0.25, 0.3) is 0 Å². The first kappa shape index (κ1) is 22.1. The van der Waals surface area contributed by atoms with Gasteiger partial charge in [-0.1, -0.05) is 74.5 Å². The first-order valence-electron chi connectivity index (χ1n) is 9.75. The number of hydrogen-bond acceptors (Lipinski definition) is 3. The first-order chi connectivity index (χ1) is 13.9. The maximum atomic E-state index is 12.8. The van der Waals surface area contributed by atoms with Crippen LogP contribution >= 0.6 is 0 Å². The fourth-order valence-corrected chi connectivity index (χ4v) is 3.01. The number of aliphatic carboxylic acids is 1. The predicted octanol–water partition coefficient (Wildman–Crippen LogP) is 2.95. The van der Waals surface area contributed by atoms with Gasteiger partial charge >= 0.3 is 5.97 Å². The third kappa shape index (κ3) is 7.41. The number of hydrogen-bond donors (Lipinski definition) is 3. The molecule has 0 saturated heterocycles. The summed E-state index contributed by atoms with van der Waals surface area (Å²) in [6.45, 7) is 3.84. The normalized spacial score (nSPS) is 12.8. The van der Waals surface area contributed by atoms with E-state index in [0.717, 1.165) is 5.56 Å². The molecule has 0 fully saturated rings. The maximum Gasteiger partial charge on any atom is 0.308 e. The van der Waals surface area contributed by atoms with Crippen LogP contribution in [0.3, 0.4) is 0 Å². The van der Waals surface area contributed by atoms with Crippen LogP contribution in [0.25, 0.3) is 0 Å². The zero-order chi connectivity index (χ0) is 21.2. The van der Waals surface area contributed by atoms with Crippen LogP contribution in [-0.2, 0) is 20.8 Å². The molecule has 0 heterocycles. The van der Waals surface area contributed by atoms with Gasteiger partial charge in [-0.15, -0.1) is 0 Å². The molecular weight excluding hydrogens is 368 g/mol. The molecule has 0 spiro atoms. The van der Waals surface area contributed by atoms with Gasteiger partial charge in [0.2, 0.25) is 11.8 Å². The van der Waals surface area contributed by atoms with Gasteiger partial charge in [0.15, 0.2) is 0 Å². The molecule has 2 aromatic rings. The highest BCUT2D eigenvalue weighted by Gasteiger charge is 2.25. The summed E-state index contributed by atoms with van der Waals surface area (Å²) in [6.07, 6.45) is 0.620. The van der Waals surface area contributed by atoms with Crippen LogP contribution in [0.5, 0.6) is 0 Å². The summed E-state index contributed by atoms with van der Waals surface area (Å²) in [5.41, 5.74) is 1.54. The molecule has 6 nitrogen and oxygen atoms in total. The van der Waals surface area contributed by atoms with Gasteiger partial charge in [-0.2, -0.15) is 0 Å². The van der Waals surface area contributed by atoms with Crippen LogP contribution in [0.4, 0.5) is 0 Å². The van der Waals surface area contributed by atoms with Gasteiger partial charge in [0, 0.05) is 13.0 Å². The van der Waals surface area contributed by atoms with E-state index in [4.69, 9.17) is 0 Å². The van der Waals surface area contributed by atoms with Gasteiger partial charge in [-0.3, -0.25) is 14.4 Å². The Kier molecular flexibility index (Phi) is 8.40. The lowest BCUT2D eigenvalue weighted by Gasteiger charge is -2.21. The van der Waals surface area contributed by atoms with E-state index in [0.29, 0.717) is 18.4 Å². The number of nitrogens with one attached hydrogen (secondary N) is 2. The monoisotopic (exact) mass is 396 g/mol. The summed E-state index contributed by atoms with van der Waals surface area (Å²) in [5, 5.41) is 15.0. The molecule has 2 aromatic carbocycles. The second kappa shape index (κ2) is 11.0. The van der Waals surface area contributed by atoms with Crippen LogP contribution in [0.1, 0.15) is 37.4 Å². The Bertz CT molecular complexity index is 806. The lowest BCUT2D eigenvalue weighted by Crippen LogP contribution is -2.43. The average Bonchev–Trinajstić information content (AvgIpc) is 2.69. The number of carboxylic acids is 1. The number of benzene rings is 2. The van der Waals surface area contributed by atoms with Crippen molar-refractivity contribution < 1.29 is 19.5 Å². The van der Waals surface area contributed by atoms with Crippen molar-refractivity contribution in [1.29, 1.82) is 0 Å². The molecule has 6 heteroatoms. The quantitative estimate of drug-likeness (QED) is 0.575. The van der Waals surface area contributed by atoms with E-state index in [1.807, 2.05) is 50.2 Å². The number of carbonyl (C=O) groups excluding carboxylic acids is 2. The topological polar surface area (TPSA) is 95.5 Å². The summed E-state index contributed by atoms with van der Waals surface area (Å²) in [5.74, 6) is -2.22. The molecule has 3 N–H and O–H groups in total. The minimum Gasteiger partial charge on any atom is -0.481 e. The molecule has 0 saturated carbocycles. The van der Waals surface area contributed by atoms with E-state index in [1.54, 1.807) is 24.3 Å². The average molecular weight is 396 g/mol. The molecular formula is C23H28N2O4. The lowest BCUT2D eigenvalue weighted by molar-refractivity contribution is -0.141. The Morgan fingerprint density at radius 3 is 2.07 bits per heavy atom. The molecule has 154 valence electrons. The van der Waals surface area contributed by atoms with E-state index in [2.05, 4.69) is 10.6 Å². The van der Waals surface area contributed by atoms with Crippen LogP contribution in [0.2, 0.25) is 0 Å². The fourth-order valence-electron chi connectivity index (χ4n) is 3.01. The highest BCUT2D eigenvalue weighted by atomic mass is 16.4. The number of amides is 2. The second-order valence-electron chi connectivity index (χ2n) is 7.48. The van der Waals surface area contributed by atoms with Gasteiger partial charge in [0.1, 0.15) is 6.04 Å². The van der Waals surface area contributed by atoms with E-state index in [9.17, 15) is 19.5 Å². The molecule has 0 aliphatic heterocycles. The largest absolute Gasteiger partial charge is 0.481 e. The molecule has 0 bridgehead atoms. The lowest BCUT2D eigenvalue weighted by atomic mass is 9.99. The molecule has 2 rings (SSSR count). The Morgan fingerprint density at radius 1 is 0.931 bits per heavy atom. The van der Waals surface area contributed by atoms with Crippen LogP contribution in [0.15, 0.2) is 60.7 Å². The van der Waals surface area contributed by atoms with Crippen LogP contribution in [0, 0.1) is 11.8 Å². The summed E-state index contributed by atoms with van der Waals surface area (Å²) >= 11 is 0. The molecule has 2 unspecified atom stereocenters. The summed E-state index contributed by atoms with van der Waals surface area (Å²) in [4.78, 5) is 36.7. The zero-order valence-corrected chi connectivity index (χ0v) is 16.8. The highest BCUT2D eigenvalue weighted by molar-refractivity contribution is 5.89. The molecule has 0 aromatic heterocycles. The number of carboxylic acid groups (broad SMARTS) is 1. The molecule has 29 heavy (non-hydrogen) atoms. The van der Waals surface area contributed by atoms with Crippen molar-refractivity contribution in [2.45, 2.75) is 32.7 Å². The first-order valence-corrected chi connectivity index (χ1v) is 9.75. The van der Waals surface area contributed by atoms with Crippen molar-refractivity contribution in [3.05, 3.63) is 71.8 Å². The number of rotatable bonds is 10. The van der Waals surface area contributed by atoms with Crippen molar-refractivity contribution in [3.8, 4) is 0 Å². The molecule has 0 radical (unpaired) electrons. The minimum absolute atomic E-state index is 0.0214. The van der Waals surface area contributed by atoms with Crippen molar-refractivity contribution in [3.63, 3.8) is 0 Å². The highest BCUT2D eigenvalue weighted by Crippen LogP contribution is 2.15. The van der Waals surface area contributed by atoms with Crippen molar-refractivity contribution in [1.82, 2.24) is 10.6 Å². The molecule has 0 aliphatic rings. The minimum atomic E-state index is -0.978. The van der Waals surface area contributed by atoms with E-state index in [1.165, 1.54) is 0 Å². The van der Waals surface area contributed by atoms with Crippen molar-refractivity contribution in [2.24, 2.45) is 11.8 Å². The summed E-state index contributed by atoms with van der Waals surface area (Å²) in [7, 11) is 0. The Labute approximate surface area is 171 Å². The maximum absolute atomic E-state index is 12.8. The van der Waals surface area contributed by atoms with Crippen LogP contribution in [-0.4, -0.2) is 29.4 Å². The third-order valence-corrected chi connectivity index (χ3v) is 4.49. The van der Waals surface area contributed by atoms with E-state index in [-0.39, 0.29) is 18.4 Å². The Hall–Kier alpha value is -3.15. The zero-order valence-electron chi connectivity index (χ0n) is 16.8. The SMILES string of the molecule is CC(C)CC(=O)NC(C(=O)NCC(Cc1ccccc1)C(=O)O)c1ccccc1. The van der Waals surface area contributed by atoms with Crippen molar-refractivity contribution in [2.75, 3.05) is 6.54 Å². The van der Waals surface area contributed by atoms with Crippen molar-refractivity contribution >= 4 is 17.8 Å². The van der Waals surface area contributed by atoms with Crippen LogP contribution < -0.4 is 10.6 Å². The van der Waals surface area contributed by atoms with E-state index < -0.39 is 23.8 Å². The smallest absolute Gasteiger partial charge is 0.308 e. The third-order valence-electron chi connectivity index (χ3n) is 4.49. The Balaban J connectivity index is 2.07. The summed E-state index contributed by atoms with van der Waals surface area (Å²) < 4.78 is 0. The molecule has 0 aliphatic carbocycles. The molecule has 2 atom stereocenters. The van der Waals surface area contributed by atoms with E-state index >= 15 is 0 Å². The molecule has 2 amide bonds. The summed E-state index contributed by atoms with van der Waals surface area (Å²) in [6, 6.07) is 17.4. The fraction of sp³-hybridized carbons (Fsp3) is 0.348. The van der Waals surface area contributed by atoms with Gasteiger partial charge < -0.3 is 15.7 Å². The van der Waals surface area contributed by atoms with Gasteiger partial charge in [0.05, 0.1) is 5.92 Å².